The Morgan fingerprint density at radius 1 is 1.09 bits per heavy atom. The molecule has 0 saturated carbocycles. The monoisotopic (exact) mass is 316 g/mol. The van der Waals surface area contributed by atoms with Gasteiger partial charge >= 0.3 is 0 Å². The molecule has 1 aliphatic heterocycles. The molecule has 4 nitrogen and oxygen atoms in total. The van der Waals surface area contributed by atoms with Crippen LogP contribution in [0.4, 0.5) is 0 Å². The van der Waals surface area contributed by atoms with Crippen LogP contribution in [-0.4, -0.2) is 48.5 Å². The van der Waals surface area contributed by atoms with Gasteiger partial charge in [-0.2, -0.15) is 0 Å². The second kappa shape index (κ2) is 9.56. The summed E-state index contributed by atoms with van der Waals surface area (Å²) in [5.74, 6) is 1.07. The van der Waals surface area contributed by atoms with Crippen LogP contribution in [0.15, 0.2) is 29.3 Å². The predicted molar refractivity (Wildman–Crippen MR) is 98.7 cm³/mol. The minimum atomic E-state index is 0.760. The molecule has 1 heterocycles. The second-order valence-corrected chi connectivity index (χ2v) is 6.09. The van der Waals surface area contributed by atoms with E-state index in [2.05, 4.69) is 60.2 Å². The molecule has 0 atom stereocenters. The van der Waals surface area contributed by atoms with Crippen molar-refractivity contribution in [2.75, 3.05) is 32.7 Å². The molecule has 0 amide bonds. The van der Waals surface area contributed by atoms with Gasteiger partial charge in [0.1, 0.15) is 0 Å². The van der Waals surface area contributed by atoms with Crippen LogP contribution in [0.1, 0.15) is 44.7 Å². The molecule has 0 aliphatic carbocycles. The highest BCUT2D eigenvalue weighted by Crippen LogP contribution is 2.14. The van der Waals surface area contributed by atoms with E-state index in [0.29, 0.717) is 0 Å². The van der Waals surface area contributed by atoms with E-state index in [1.54, 1.807) is 0 Å². The van der Waals surface area contributed by atoms with Crippen LogP contribution >= 0.6 is 0 Å². The molecular formula is C19H32N4. The minimum absolute atomic E-state index is 0.760. The number of rotatable bonds is 7. The molecule has 1 aromatic carbocycles. The molecule has 128 valence electrons. The molecule has 1 N–H and O–H groups in total. The van der Waals surface area contributed by atoms with Gasteiger partial charge in [0.2, 0.25) is 0 Å². The number of hydrogen-bond donors (Lipinski definition) is 1. The molecule has 0 aromatic heterocycles. The van der Waals surface area contributed by atoms with Crippen molar-refractivity contribution in [2.45, 2.75) is 46.7 Å². The topological polar surface area (TPSA) is 30.9 Å². The van der Waals surface area contributed by atoms with Crippen LogP contribution in [0.5, 0.6) is 0 Å². The van der Waals surface area contributed by atoms with Crippen LogP contribution in [0.3, 0.4) is 0 Å². The Hall–Kier alpha value is -1.55. The first kappa shape index (κ1) is 17.8. The zero-order valence-corrected chi connectivity index (χ0v) is 15.0. The van der Waals surface area contributed by atoms with E-state index >= 15 is 0 Å². The van der Waals surface area contributed by atoms with Crippen LogP contribution in [0.2, 0.25) is 0 Å². The number of nitrogens with one attached hydrogen (secondary N) is 1. The highest BCUT2D eigenvalue weighted by molar-refractivity contribution is 5.80. The zero-order chi connectivity index (χ0) is 16.5. The summed E-state index contributed by atoms with van der Waals surface area (Å²) < 4.78 is 0. The third kappa shape index (κ3) is 5.24. The zero-order valence-electron chi connectivity index (χ0n) is 15.0. The first-order valence-corrected chi connectivity index (χ1v) is 9.10. The molecule has 0 spiro atoms. The smallest absolute Gasteiger partial charge is 0.194 e. The third-order valence-corrected chi connectivity index (χ3v) is 4.55. The number of aliphatic imine (C=N–C) groups is 1. The van der Waals surface area contributed by atoms with Crippen LogP contribution in [-0.2, 0) is 13.1 Å². The molecule has 1 fully saturated rings. The molecule has 23 heavy (non-hydrogen) atoms. The Balaban J connectivity index is 2.09. The molecule has 0 unspecified atom stereocenters. The van der Waals surface area contributed by atoms with Crippen molar-refractivity contribution in [2.24, 2.45) is 4.99 Å². The standard InChI is InChI=1S/C19H32N4/c1-4-20-19(23-13-9-10-14-23)21-15-17-11-7-8-12-18(17)16-22(5-2)6-3/h7-8,11-12H,4-6,9-10,13-16H2,1-3H3,(H,20,21). The van der Waals surface area contributed by atoms with Gasteiger partial charge in [0, 0.05) is 26.2 Å². The Morgan fingerprint density at radius 3 is 2.35 bits per heavy atom. The van der Waals surface area contributed by atoms with Crippen LogP contribution in [0.25, 0.3) is 0 Å². The fourth-order valence-corrected chi connectivity index (χ4v) is 3.07. The fraction of sp³-hybridized carbons (Fsp3) is 0.632. The number of likely N-dealkylation sites (tertiary alicyclic amines) is 1. The average molecular weight is 316 g/mol. The lowest BCUT2D eigenvalue weighted by Gasteiger charge is -2.22. The number of hydrogen-bond acceptors (Lipinski definition) is 2. The normalized spacial score (nSPS) is 15.5. The SMILES string of the molecule is CCNC(=NCc1ccccc1CN(CC)CC)N1CCCC1. The van der Waals surface area contributed by atoms with E-state index in [1.165, 1.54) is 24.0 Å². The number of nitrogens with zero attached hydrogens (tertiary/aromatic N) is 3. The Morgan fingerprint density at radius 2 is 1.74 bits per heavy atom. The van der Waals surface area contributed by atoms with Crippen molar-refractivity contribution in [3.05, 3.63) is 35.4 Å². The van der Waals surface area contributed by atoms with Gasteiger partial charge in [-0.3, -0.25) is 4.90 Å². The highest BCUT2D eigenvalue weighted by atomic mass is 15.3. The van der Waals surface area contributed by atoms with Crippen molar-refractivity contribution >= 4 is 5.96 Å². The van der Waals surface area contributed by atoms with Crippen molar-refractivity contribution in [3.63, 3.8) is 0 Å². The predicted octanol–water partition coefficient (Wildman–Crippen LogP) is 3.09. The maximum absolute atomic E-state index is 4.90. The van der Waals surface area contributed by atoms with Gasteiger partial charge in [0.05, 0.1) is 6.54 Å². The molecule has 1 saturated heterocycles. The molecule has 4 heteroatoms. The Kier molecular flexibility index (Phi) is 7.40. The van der Waals surface area contributed by atoms with Crippen molar-refractivity contribution in [3.8, 4) is 0 Å². The summed E-state index contributed by atoms with van der Waals surface area (Å²) >= 11 is 0. The van der Waals surface area contributed by atoms with E-state index in [9.17, 15) is 0 Å². The van der Waals surface area contributed by atoms with Crippen LogP contribution in [0, 0.1) is 0 Å². The van der Waals surface area contributed by atoms with E-state index < -0.39 is 0 Å². The summed E-state index contributed by atoms with van der Waals surface area (Å²) in [7, 11) is 0. The summed E-state index contributed by atoms with van der Waals surface area (Å²) in [5, 5.41) is 3.44. The summed E-state index contributed by atoms with van der Waals surface area (Å²) in [6.07, 6.45) is 2.56. The van der Waals surface area contributed by atoms with E-state index in [1.807, 2.05) is 0 Å². The molecule has 1 aromatic rings. The van der Waals surface area contributed by atoms with Crippen molar-refractivity contribution in [1.82, 2.24) is 15.1 Å². The lowest BCUT2D eigenvalue weighted by atomic mass is 10.1. The lowest BCUT2D eigenvalue weighted by molar-refractivity contribution is 0.295. The lowest BCUT2D eigenvalue weighted by Crippen LogP contribution is -2.39. The van der Waals surface area contributed by atoms with E-state index in [-0.39, 0.29) is 0 Å². The maximum Gasteiger partial charge on any atom is 0.194 e. The third-order valence-electron chi connectivity index (χ3n) is 4.55. The van der Waals surface area contributed by atoms with Gasteiger partial charge in [-0.15, -0.1) is 0 Å². The quantitative estimate of drug-likeness (QED) is 0.619. The van der Waals surface area contributed by atoms with Gasteiger partial charge in [0.15, 0.2) is 5.96 Å². The second-order valence-electron chi connectivity index (χ2n) is 6.09. The molecule has 0 radical (unpaired) electrons. The summed E-state index contributed by atoms with van der Waals surface area (Å²) in [6.45, 7) is 13.7. The largest absolute Gasteiger partial charge is 0.357 e. The fourth-order valence-electron chi connectivity index (χ4n) is 3.07. The average Bonchev–Trinajstić information content (AvgIpc) is 3.11. The van der Waals surface area contributed by atoms with Crippen LogP contribution < -0.4 is 5.32 Å². The molecule has 0 bridgehead atoms. The highest BCUT2D eigenvalue weighted by Gasteiger charge is 2.15. The van der Waals surface area contributed by atoms with Gasteiger partial charge < -0.3 is 10.2 Å². The van der Waals surface area contributed by atoms with E-state index in [4.69, 9.17) is 4.99 Å². The maximum atomic E-state index is 4.90. The minimum Gasteiger partial charge on any atom is -0.357 e. The molecule has 2 rings (SSSR count). The number of benzene rings is 1. The number of guanidine groups is 1. The Bertz CT molecular complexity index is 488. The van der Waals surface area contributed by atoms with Gasteiger partial charge in [-0.25, -0.2) is 4.99 Å². The molecular weight excluding hydrogens is 284 g/mol. The summed E-state index contributed by atoms with van der Waals surface area (Å²) in [4.78, 5) is 9.74. The Labute approximate surface area is 141 Å². The summed E-state index contributed by atoms with van der Waals surface area (Å²) in [6, 6.07) is 8.72. The van der Waals surface area contributed by atoms with Gasteiger partial charge in [-0.1, -0.05) is 38.1 Å². The summed E-state index contributed by atoms with van der Waals surface area (Å²) in [5.41, 5.74) is 2.74. The first-order valence-electron chi connectivity index (χ1n) is 9.10. The van der Waals surface area contributed by atoms with Gasteiger partial charge in [-0.05, 0) is 44.0 Å². The van der Waals surface area contributed by atoms with E-state index in [0.717, 1.165) is 51.8 Å². The molecule has 1 aliphatic rings. The first-order chi connectivity index (χ1) is 11.3. The van der Waals surface area contributed by atoms with Crippen molar-refractivity contribution in [1.29, 1.82) is 0 Å². The van der Waals surface area contributed by atoms with Gasteiger partial charge in [0.25, 0.3) is 0 Å². The van der Waals surface area contributed by atoms with Crippen molar-refractivity contribution < 1.29 is 0 Å².